The Hall–Kier alpha value is -2.37. The second-order valence-corrected chi connectivity index (χ2v) is 8.85. The van der Waals surface area contributed by atoms with Crippen LogP contribution in [-0.4, -0.2) is 48.8 Å². The average molecular weight is 407 g/mol. The van der Waals surface area contributed by atoms with Crippen LogP contribution >= 0.6 is 0 Å². The Kier molecular flexibility index (Phi) is 5.48. The Morgan fingerprint density at radius 3 is 2.77 bits per heavy atom. The molecule has 0 saturated carbocycles. The van der Waals surface area contributed by atoms with E-state index in [0.29, 0.717) is 12.1 Å². The molecule has 5 heteroatoms. The first-order valence-corrected chi connectivity index (χ1v) is 11.2. The fourth-order valence-electron chi connectivity index (χ4n) is 5.02. The molecule has 1 amide bonds. The number of benzene rings is 2. The van der Waals surface area contributed by atoms with E-state index in [-0.39, 0.29) is 17.6 Å². The summed E-state index contributed by atoms with van der Waals surface area (Å²) in [6, 6.07) is 16.0. The number of fused-ring (bicyclic) bond motifs is 1. The first-order valence-electron chi connectivity index (χ1n) is 11.2. The lowest BCUT2D eigenvalue weighted by Crippen LogP contribution is -2.44. The van der Waals surface area contributed by atoms with Crippen LogP contribution in [0.4, 0.5) is 0 Å². The number of hydrogen-bond acceptors (Lipinski definition) is 4. The Morgan fingerprint density at radius 1 is 1.10 bits per heavy atom. The fraction of sp³-hybridized carbons (Fsp3) is 0.480. The third-order valence-corrected chi connectivity index (χ3v) is 6.79. The van der Waals surface area contributed by atoms with Gasteiger partial charge in [0, 0.05) is 38.2 Å². The third-order valence-electron chi connectivity index (χ3n) is 6.79. The van der Waals surface area contributed by atoms with E-state index in [1.54, 1.807) is 0 Å². The van der Waals surface area contributed by atoms with Gasteiger partial charge in [0.2, 0.25) is 0 Å². The molecule has 0 bridgehead atoms. The maximum atomic E-state index is 12.3. The average Bonchev–Trinajstić information content (AvgIpc) is 3.41. The molecule has 30 heavy (non-hydrogen) atoms. The highest BCUT2D eigenvalue weighted by Gasteiger charge is 2.42. The number of piperidine rings is 1. The summed E-state index contributed by atoms with van der Waals surface area (Å²) in [4.78, 5) is 14.8. The predicted octanol–water partition coefficient (Wildman–Crippen LogP) is 3.57. The quantitative estimate of drug-likeness (QED) is 0.825. The molecule has 2 aromatic carbocycles. The molecule has 5 nitrogen and oxygen atoms in total. The third kappa shape index (κ3) is 4.23. The summed E-state index contributed by atoms with van der Waals surface area (Å²) < 4.78 is 12.1. The van der Waals surface area contributed by atoms with Crippen molar-refractivity contribution in [3.8, 4) is 5.75 Å². The summed E-state index contributed by atoms with van der Waals surface area (Å²) in [6.45, 7) is 4.54. The fourth-order valence-corrected chi connectivity index (χ4v) is 5.02. The molecule has 2 fully saturated rings. The van der Waals surface area contributed by atoms with Crippen LogP contribution in [0.3, 0.4) is 0 Å². The van der Waals surface area contributed by atoms with E-state index in [1.807, 2.05) is 30.3 Å². The van der Waals surface area contributed by atoms with Crippen LogP contribution in [0.2, 0.25) is 0 Å². The van der Waals surface area contributed by atoms with Crippen molar-refractivity contribution in [2.75, 3.05) is 26.2 Å². The van der Waals surface area contributed by atoms with E-state index in [0.717, 1.165) is 64.1 Å². The molecule has 1 spiro atoms. The Morgan fingerprint density at radius 2 is 1.93 bits per heavy atom. The van der Waals surface area contributed by atoms with Crippen LogP contribution in [0, 0.1) is 0 Å². The van der Waals surface area contributed by atoms with Crippen molar-refractivity contribution in [1.82, 2.24) is 10.2 Å². The molecule has 2 saturated heterocycles. The van der Waals surface area contributed by atoms with E-state index in [9.17, 15) is 4.79 Å². The largest absolute Gasteiger partial charge is 0.493 e. The monoisotopic (exact) mass is 406 g/mol. The van der Waals surface area contributed by atoms with Crippen molar-refractivity contribution >= 4 is 5.91 Å². The minimum atomic E-state index is -0.0188. The Labute approximate surface area is 178 Å². The zero-order valence-corrected chi connectivity index (χ0v) is 17.4. The SMILES string of the molecule is O=C(NCC1CCC2(CCN(Cc3ccc4c(c3)CCO4)CC2)O1)c1ccccc1. The number of hydrogen-bond donors (Lipinski definition) is 1. The van der Waals surface area contributed by atoms with Crippen LogP contribution < -0.4 is 10.1 Å². The van der Waals surface area contributed by atoms with Crippen LogP contribution in [0.25, 0.3) is 0 Å². The summed E-state index contributed by atoms with van der Waals surface area (Å²) in [5.74, 6) is 1.04. The van der Waals surface area contributed by atoms with Crippen molar-refractivity contribution in [1.29, 1.82) is 0 Å². The maximum absolute atomic E-state index is 12.3. The van der Waals surface area contributed by atoms with Gasteiger partial charge < -0.3 is 14.8 Å². The highest BCUT2D eigenvalue weighted by molar-refractivity contribution is 5.94. The second kappa shape index (κ2) is 8.40. The highest BCUT2D eigenvalue weighted by atomic mass is 16.5. The van der Waals surface area contributed by atoms with E-state index >= 15 is 0 Å². The summed E-state index contributed by atoms with van der Waals surface area (Å²) >= 11 is 0. The van der Waals surface area contributed by atoms with E-state index in [4.69, 9.17) is 9.47 Å². The van der Waals surface area contributed by atoms with Crippen molar-refractivity contribution in [3.05, 3.63) is 65.2 Å². The number of nitrogens with zero attached hydrogens (tertiary/aromatic N) is 1. The number of carbonyl (C=O) groups is 1. The molecule has 5 rings (SSSR count). The second-order valence-electron chi connectivity index (χ2n) is 8.85. The Balaban J connectivity index is 1.09. The molecule has 1 atom stereocenters. The van der Waals surface area contributed by atoms with Gasteiger partial charge in [-0.2, -0.15) is 0 Å². The lowest BCUT2D eigenvalue weighted by Gasteiger charge is -2.39. The summed E-state index contributed by atoms with van der Waals surface area (Å²) in [7, 11) is 0. The molecule has 158 valence electrons. The molecular weight excluding hydrogens is 376 g/mol. The van der Waals surface area contributed by atoms with Gasteiger partial charge in [0.15, 0.2) is 0 Å². The molecular formula is C25H30N2O3. The van der Waals surface area contributed by atoms with Crippen molar-refractivity contribution < 1.29 is 14.3 Å². The smallest absolute Gasteiger partial charge is 0.251 e. The molecule has 2 aromatic rings. The van der Waals surface area contributed by atoms with Gasteiger partial charge in [-0.15, -0.1) is 0 Å². The van der Waals surface area contributed by atoms with Crippen LogP contribution in [0.1, 0.15) is 47.2 Å². The van der Waals surface area contributed by atoms with Crippen LogP contribution in [0.15, 0.2) is 48.5 Å². The molecule has 1 N–H and O–H groups in total. The topological polar surface area (TPSA) is 50.8 Å². The number of nitrogens with one attached hydrogen (secondary N) is 1. The number of carbonyl (C=O) groups excluding carboxylic acids is 1. The van der Waals surface area contributed by atoms with Gasteiger partial charge in [-0.05, 0) is 55.0 Å². The Bertz CT molecular complexity index is 891. The standard InChI is InChI=1S/C25H30N2O3/c28-24(20-4-2-1-3-5-20)26-17-22-8-10-25(30-22)11-13-27(14-12-25)18-19-6-7-23-21(16-19)9-15-29-23/h1-7,16,22H,8-15,17-18H2,(H,26,28). The van der Waals surface area contributed by atoms with E-state index < -0.39 is 0 Å². The molecule has 3 aliphatic rings. The van der Waals surface area contributed by atoms with Gasteiger partial charge in [-0.1, -0.05) is 30.3 Å². The van der Waals surface area contributed by atoms with Gasteiger partial charge in [-0.3, -0.25) is 9.69 Å². The van der Waals surface area contributed by atoms with Crippen LogP contribution in [-0.2, 0) is 17.7 Å². The van der Waals surface area contributed by atoms with Crippen LogP contribution in [0.5, 0.6) is 5.75 Å². The van der Waals surface area contributed by atoms with Gasteiger partial charge in [0.25, 0.3) is 5.91 Å². The minimum Gasteiger partial charge on any atom is -0.493 e. The predicted molar refractivity (Wildman–Crippen MR) is 116 cm³/mol. The molecule has 0 aliphatic carbocycles. The number of likely N-dealkylation sites (tertiary alicyclic amines) is 1. The highest BCUT2D eigenvalue weighted by Crippen LogP contribution is 2.39. The molecule has 0 radical (unpaired) electrons. The van der Waals surface area contributed by atoms with Gasteiger partial charge in [0.05, 0.1) is 18.3 Å². The maximum Gasteiger partial charge on any atom is 0.251 e. The van der Waals surface area contributed by atoms with Crippen molar-refractivity contribution in [2.24, 2.45) is 0 Å². The zero-order valence-electron chi connectivity index (χ0n) is 17.4. The summed E-state index contributed by atoms with van der Waals surface area (Å²) in [5.41, 5.74) is 3.44. The van der Waals surface area contributed by atoms with Gasteiger partial charge >= 0.3 is 0 Å². The van der Waals surface area contributed by atoms with Gasteiger partial charge in [0.1, 0.15) is 5.75 Å². The summed E-state index contributed by atoms with van der Waals surface area (Å²) in [5, 5.41) is 3.04. The minimum absolute atomic E-state index is 0.00438. The molecule has 3 aliphatic heterocycles. The number of rotatable bonds is 5. The lowest BCUT2D eigenvalue weighted by atomic mass is 9.88. The van der Waals surface area contributed by atoms with E-state index in [1.165, 1.54) is 11.1 Å². The molecule has 3 heterocycles. The van der Waals surface area contributed by atoms with Crippen molar-refractivity contribution in [2.45, 2.75) is 50.4 Å². The number of ether oxygens (including phenoxy) is 2. The lowest BCUT2D eigenvalue weighted by molar-refractivity contribution is -0.0764. The van der Waals surface area contributed by atoms with Crippen molar-refractivity contribution in [3.63, 3.8) is 0 Å². The first-order chi connectivity index (χ1) is 14.7. The molecule has 1 unspecified atom stereocenters. The summed E-state index contributed by atoms with van der Waals surface area (Å²) in [6.07, 6.45) is 5.43. The van der Waals surface area contributed by atoms with Gasteiger partial charge in [-0.25, -0.2) is 0 Å². The number of amides is 1. The zero-order chi connectivity index (χ0) is 20.4. The normalized spacial score (nSPS) is 22.6. The first kappa shape index (κ1) is 19.6. The molecule has 0 aromatic heterocycles. The van der Waals surface area contributed by atoms with E-state index in [2.05, 4.69) is 28.4 Å².